The minimum atomic E-state index is -1.78. The minimum Gasteiger partial charge on any atom is -0.478 e. The summed E-state index contributed by atoms with van der Waals surface area (Å²) in [5.41, 5.74) is -3.59. The van der Waals surface area contributed by atoms with Gasteiger partial charge in [0.25, 0.3) is 0 Å². The second-order valence-corrected chi connectivity index (χ2v) is 4.68. The highest BCUT2D eigenvalue weighted by Gasteiger charge is 2.31. The van der Waals surface area contributed by atoms with E-state index in [0.717, 1.165) is 0 Å². The summed E-state index contributed by atoms with van der Waals surface area (Å²) >= 11 is 0. The van der Waals surface area contributed by atoms with Crippen LogP contribution in [0.25, 0.3) is 11.1 Å². The van der Waals surface area contributed by atoms with E-state index in [1.165, 1.54) is 24.3 Å². The van der Waals surface area contributed by atoms with Crippen LogP contribution in [-0.2, 0) is 0 Å². The van der Waals surface area contributed by atoms with Crippen LogP contribution in [0, 0.1) is 0 Å². The number of carboxylic acids is 4. The van der Waals surface area contributed by atoms with E-state index in [1.807, 2.05) is 0 Å². The van der Waals surface area contributed by atoms with E-state index in [-0.39, 0.29) is 16.6 Å². The van der Waals surface area contributed by atoms with Gasteiger partial charge in [0.1, 0.15) is 0 Å². The van der Waals surface area contributed by atoms with E-state index in [2.05, 4.69) is 0 Å². The van der Waals surface area contributed by atoms with Gasteiger partial charge < -0.3 is 25.9 Å². The molecule has 25 heavy (non-hydrogen) atoms. The van der Waals surface area contributed by atoms with Crippen LogP contribution in [-0.4, -0.2) is 49.8 Å². The normalized spacial score (nSPS) is 9.76. The Morgan fingerprint density at radius 3 is 1.52 bits per heavy atom. The third kappa shape index (κ3) is 3.46. The summed E-state index contributed by atoms with van der Waals surface area (Å²) in [5.74, 6) is -6.83. The van der Waals surface area contributed by atoms with Crippen LogP contribution in [0.1, 0.15) is 41.4 Å². The summed E-state index contributed by atoms with van der Waals surface area (Å²) in [5, 5.41) is 37.2. The van der Waals surface area contributed by atoms with Crippen molar-refractivity contribution in [2.24, 2.45) is 0 Å². The molecule has 0 atom stereocenters. The highest BCUT2D eigenvalue weighted by atomic mass is 16.4. The first kappa shape index (κ1) is 19.3. The molecule has 0 unspecified atom stereocenters. The number of rotatable bonds is 5. The first-order chi connectivity index (χ1) is 11.3. The fraction of sp³-hybridized carbons (Fsp3) is 0. The Kier molecular flexibility index (Phi) is 5.59. The Bertz CT molecular complexity index is 869. The molecule has 0 heterocycles. The van der Waals surface area contributed by atoms with Crippen LogP contribution < -0.4 is 0 Å². The van der Waals surface area contributed by atoms with Crippen molar-refractivity contribution in [2.75, 3.05) is 0 Å². The molecule has 0 aromatic heterocycles. The van der Waals surface area contributed by atoms with Gasteiger partial charge in [-0.1, -0.05) is 30.3 Å². The molecule has 9 nitrogen and oxygen atoms in total. The third-order valence-electron chi connectivity index (χ3n) is 3.28. The smallest absolute Gasteiger partial charge is 0.337 e. The van der Waals surface area contributed by atoms with Crippen LogP contribution in [0.5, 0.6) is 0 Å². The quantitative estimate of drug-likeness (QED) is 0.624. The lowest BCUT2D eigenvalue weighted by Crippen LogP contribution is -2.19. The predicted octanol–water partition coefficient (Wildman–Crippen LogP) is 1.32. The molecule has 9 heteroatoms. The van der Waals surface area contributed by atoms with Crippen molar-refractivity contribution in [2.45, 2.75) is 0 Å². The summed E-state index contributed by atoms with van der Waals surface area (Å²) in [6, 6.07) is 8.09. The number of hydrogen-bond donors (Lipinski definition) is 4. The first-order valence-corrected chi connectivity index (χ1v) is 6.45. The molecule has 0 fully saturated rings. The lowest BCUT2D eigenvalue weighted by atomic mass is 9.87. The molecule has 0 radical (unpaired) electrons. The lowest BCUT2D eigenvalue weighted by Gasteiger charge is -2.15. The zero-order valence-corrected chi connectivity index (χ0v) is 12.4. The molecule has 0 aliphatic carbocycles. The molecule has 0 aliphatic rings. The molecular weight excluding hydrogens is 336 g/mol. The highest BCUT2D eigenvalue weighted by Crippen LogP contribution is 2.33. The Balaban J connectivity index is 0.00000312. The van der Waals surface area contributed by atoms with E-state index < -0.39 is 46.1 Å². The van der Waals surface area contributed by atoms with Gasteiger partial charge in [-0.05, 0) is 11.6 Å². The van der Waals surface area contributed by atoms with Gasteiger partial charge in [0.05, 0.1) is 22.3 Å². The molecule has 0 saturated heterocycles. The van der Waals surface area contributed by atoms with Crippen molar-refractivity contribution in [3.8, 4) is 11.1 Å². The Morgan fingerprint density at radius 2 is 1.12 bits per heavy atom. The van der Waals surface area contributed by atoms with Crippen molar-refractivity contribution >= 4 is 23.9 Å². The molecule has 130 valence electrons. The number of carbonyl (C=O) groups is 4. The topological polar surface area (TPSA) is 181 Å². The molecule has 2 rings (SSSR count). The molecule has 6 N–H and O–H groups in total. The average molecular weight is 348 g/mol. The second-order valence-electron chi connectivity index (χ2n) is 4.68. The highest BCUT2D eigenvalue weighted by molar-refractivity contribution is 6.16. The van der Waals surface area contributed by atoms with Crippen LogP contribution in [0.15, 0.2) is 36.4 Å². The molecule has 2 aromatic carbocycles. The zero-order chi connectivity index (χ0) is 18.0. The Morgan fingerprint density at radius 1 is 0.640 bits per heavy atom. The molecule has 0 bridgehead atoms. The van der Waals surface area contributed by atoms with E-state index in [9.17, 15) is 34.5 Å². The zero-order valence-electron chi connectivity index (χ0n) is 12.4. The molecule has 0 saturated carbocycles. The van der Waals surface area contributed by atoms with E-state index >= 15 is 0 Å². The number of benzene rings is 2. The largest absolute Gasteiger partial charge is 0.478 e. The van der Waals surface area contributed by atoms with Gasteiger partial charge in [-0.3, -0.25) is 0 Å². The van der Waals surface area contributed by atoms with Gasteiger partial charge in [-0.25, -0.2) is 19.2 Å². The Labute approximate surface area is 139 Å². The molecule has 2 aromatic rings. The predicted molar refractivity (Wildman–Crippen MR) is 83.3 cm³/mol. The van der Waals surface area contributed by atoms with E-state index in [0.29, 0.717) is 6.07 Å². The van der Waals surface area contributed by atoms with Crippen molar-refractivity contribution in [3.63, 3.8) is 0 Å². The third-order valence-corrected chi connectivity index (χ3v) is 3.28. The fourth-order valence-corrected chi connectivity index (χ4v) is 2.36. The van der Waals surface area contributed by atoms with Crippen LogP contribution in [0.2, 0.25) is 0 Å². The van der Waals surface area contributed by atoms with Gasteiger partial charge in [-0.15, -0.1) is 0 Å². The van der Waals surface area contributed by atoms with Gasteiger partial charge in [-0.2, -0.15) is 0 Å². The average Bonchev–Trinajstić information content (AvgIpc) is 2.53. The van der Waals surface area contributed by atoms with Crippen LogP contribution in [0.4, 0.5) is 0 Å². The summed E-state index contributed by atoms with van der Waals surface area (Å²) < 4.78 is 0. The summed E-state index contributed by atoms with van der Waals surface area (Å²) in [6.45, 7) is 0. The second kappa shape index (κ2) is 7.23. The van der Waals surface area contributed by atoms with Crippen LogP contribution >= 0.6 is 0 Å². The summed E-state index contributed by atoms with van der Waals surface area (Å²) in [4.78, 5) is 45.8. The Hall–Kier alpha value is -3.72. The van der Waals surface area contributed by atoms with Gasteiger partial charge in [0.15, 0.2) is 0 Å². The van der Waals surface area contributed by atoms with Gasteiger partial charge in [0.2, 0.25) is 0 Å². The van der Waals surface area contributed by atoms with Crippen molar-refractivity contribution in [1.82, 2.24) is 0 Å². The van der Waals surface area contributed by atoms with Crippen molar-refractivity contribution in [1.29, 1.82) is 0 Å². The maximum Gasteiger partial charge on any atom is 0.337 e. The maximum atomic E-state index is 11.6. The summed E-state index contributed by atoms with van der Waals surface area (Å²) in [6.07, 6.45) is 0. The minimum absolute atomic E-state index is 0. The van der Waals surface area contributed by atoms with Gasteiger partial charge in [0, 0.05) is 5.56 Å². The maximum absolute atomic E-state index is 11.6. The fourth-order valence-electron chi connectivity index (χ4n) is 2.36. The SMILES string of the molecule is O.O=C(O)c1cc(C(=O)O)c(-c2ccccc2)c(C(=O)O)c1C(=O)O. The van der Waals surface area contributed by atoms with Crippen LogP contribution in [0.3, 0.4) is 0 Å². The molecule has 0 aliphatic heterocycles. The van der Waals surface area contributed by atoms with E-state index in [1.54, 1.807) is 6.07 Å². The lowest BCUT2D eigenvalue weighted by molar-refractivity contribution is 0.0632. The summed E-state index contributed by atoms with van der Waals surface area (Å²) in [7, 11) is 0. The van der Waals surface area contributed by atoms with Gasteiger partial charge >= 0.3 is 23.9 Å². The molecule has 0 spiro atoms. The standard InChI is InChI=1S/C16H10O8.H2O/c17-13(18)8-6-9(14(19)20)11(15(21)22)12(16(23)24)10(8)7-4-2-1-3-5-7;/h1-6H,(H,17,18)(H,19,20)(H,21,22)(H,23,24);1H2. The van der Waals surface area contributed by atoms with Crippen molar-refractivity contribution in [3.05, 3.63) is 58.7 Å². The van der Waals surface area contributed by atoms with E-state index in [4.69, 9.17) is 5.11 Å². The molecular formula is C16H12O9. The number of hydrogen-bond acceptors (Lipinski definition) is 4. The monoisotopic (exact) mass is 348 g/mol. The number of aromatic carboxylic acids is 4. The first-order valence-electron chi connectivity index (χ1n) is 6.45. The molecule has 0 amide bonds. The number of carboxylic acid groups (broad SMARTS) is 4. The van der Waals surface area contributed by atoms with Crippen molar-refractivity contribution < 1.29 is 45.1 Å².